The fourth-order valence-electron chi connectivity index (χ4n) is 2.65. The summed E-state index contributed by atoms with van der Waals surface area (Å²) in [5, 5.41) is 12.8. The van der Waals surface area contributed by atoms with Gasteiger partial charge in [-0.15, -0.1) is 0 Å². The molecule has 2 N–H and O–H groups in total. The quantitative estimate of drug-likeness (QED) is 0.495. The van der Waals surface area contributed by atoms with Crippen LogP contribution in [0.4, 0.5) is 4.39 Å². The zero-order chi connectivity index (χ0) is 21.2. The number of carboxylic acid groups (broad SMARTS) is 1. The van der Waals surface area contributed by atoms with Gasteiger partial charge in [0.1, 0.15) is 18.5 Å². The van der Waals surface area contributed by atoms with Crippen molar-refractivity contribution in [1.82, 2.24) is 5.32 Å². The van der Waals surface area contributed by atoms with E-state index in [-0.39, 0.29) is 19.0 Å². The van der Waals surface area contributed by atoms with Gasteiger partial charge in [0.05, 0.1) is 6.61 Å². The van der Waals surface area contributed by atoms with Gasteiger partial charge in [0.2, 0.25) is 0 Å². The number of carboxylic acids is 1. The number of halogens is 2. The molecule has 1 unspecified atom stereocenters. The van der Waals surface area contributed by atoms with Crippen LogP contribution in [0.25, 0.3) is 0 Å². The van der Waals surface area contributed by atoms with Crippen molar-refractivity contribution in [1.29, 1.82) is 0 Å². The minimum Gasteiger partial charge on any atom is -0.490 e. The Labute approximate surface area is 179 Å². The maximum absolute atomic E-state index is 13.8. The van der Waals surface area contributed by atoms with Crippen LogP contribution in [0, 0.1) is 5.82 Å². The van der Waals surface area contributed by atoms with Gasteiger partial charge >= 0.3 is 5.97 Å². The highest BCUT2D eigenvalue weighted by atomic mass is 35.5. The molecule has 2 aromatic carbocycles. The molecule has 1 atom stereocenters. The Kier molecular flexibility index (Phi) is 9.57. The van der Waals surface area contributed by atoms with Gasteiger partial charge in [-0.1, -0.05) is 29.8 Å². The molecule has 158 valence electrons. The SMILES string of the molecule is CCOc1cc(CNC(CCSC)C(=O)O)c(Cl)cc1OCc1ccccc1F. The van der Waals surface area contributed by atoms with E-state index >= 15 is 0 Å². The van der Waals surface area contributed by atoms with Crippen LogP contribution < -0.4 is 14.8 Å². The number of benzene rings is 2. The van der Waals surface area contributed by atoms with E-state index in [0.29, 0.717) is 40.7 Å². The molecule has 2 rings (SSSR count). The predicted molar refractivity (Wildman–Crippen MR) is 115 cm³/mol. The van der Waals surface area contributed by atoms with Crippen molar-refractivity contribution in [2.45, 2.75) is 32.5 Å². The normalized spacial score (nSPS) is 11.9. The maximum atomic E-state index is 13.8. The molecule has 0 aliphatic carbocycles. The van der Waals surface area contributed by atoms with Crippen LogP contribution in [-0.4, -0.2) is 35.7 Å². The Morgan fingerprint density at radius 1 is 1.24 bits per heavy atom. The second-order valence-corrected chi connectivity index (χ2v) is 7.65. The van der Waals surface area contributed by atoms with E-state index in [2.05, 4.69) is 5.32 Å². The number of carbonyl (C=O) groups is 1. The van der Waals surface area contributed by atoms with Crippen molar-refractivity contribution in [2.75, 3.05) is 18.6 Å². The van der Waals surface area contributed by atoms with Crippen molar-refractivity contribution in [3.05, 3.63) is 58.4 Å². The van der Waals surface area contributed by atoms with Crippen molar-refractivity contribution in [2.24, 2.45) is 0 Å². The van der Waals surface area contributed by atoms with Crippen molar-refractivity contribution < 1.29 is 23.8 Å². The molecule has 0 saturated heterocycles. The van der Waals surface area contributed by atoms with E-state index in [9.17, 15) is 14.3 Å². The average Bonchev–Trinajstić information content (AvgIpc) is 2.69. The average molecular weight is 442 g/mol. The number of ether oxygens (including phenoxy) is 2. The van der Waals surface area contributed by atoms with E-state index in [1.807, 2.05) is 13.2 Å². The number of aliphatic carboxylic acids is 1. The number of rotatable bonds is 12. The summed E-state index contributed by atoms with van der Waals surface area (Å²) < 4.78 is 25.2. The fraction of sp³-hybridized carbons (Fsp3) is 0.381. The molecule has 29 heavy (non-hydrogen) atoms. The molecular formula is C21H25ClFNO4S. The molecule has 0 bridgehead atoms. The zero-order valence-corrected chi connectivity index (χ0v) is 18.0. The van der Waals surface area contributed by atoms with Gasteiger partial charge in [-0.2, -0.15) is 11.8 Å². The third-order valence-electron chi connectivity index (χ3n) is 4.20. The van der Waals surface area contributed by atoms with Gasteiger partial charge in [0, 0.05) is 23.2 Å². The molecule has 0 saturated carbocycles. The standard InChI is InChI=1S/C21H25ClFNO4S/c1-3-27-19-10-15(12-24-18(21(25)26)8-9-29-2)16(22)11-20(19)28-13-14-6-4-5-7-17(14)23/h4-7,10-11,18,24H,3,8-9,12-13H2,1-2H3,(H,25,26). The third kappa shape index (κ3) is 7.10. The first-order valence-electron chi connectivity index (χ1n) is 9.22. The summed E-state index contributed by atoms with van der Waals surface area (Å²) in [6.45, 7) is 2.57. The molecule has 0 amide bonds. The predicted octanol–water partition coefficient (Wildman–Crippen LogP) is 4.75. The summed E-state index contributed by atoms with van der Waals surface area (Å²) in [5.74, 6) is 0.375. The van der Waals surface area contributed by atoms with Crippen LogP contribution >= 0.6 is 23.4 Å². The highest BCUT2D eigenvalue weighted by Crippen LogP contribution is 2.34. The molecule has 0 fully saturated rings. The first kappa shape index (κ1) is 23.3. The Morgan fingerprint density at radius 2 is 1.97 bits per heavy atom. The van der Waals surface area contributed by atoms with E-state index < -0.39 is 12.0 Å². The monoisotopic (exact) mass is 441 g/mol. The number of thioether (sulfide) groups is 1. The molecule has 0 aliphatic heterocycles. The number of hydrogen-bond donors (Lipinski definition) is 2. The second kappa shape index (κ2) is 11.9. The lowest BCUT2D eigenvalue weighted by atomic mass is 10.1. The molecule has 0 spiro atoms. The van der Waals surface area contributed by atoms with Gasteiger partial charge in [0.25, 0.3) is 0 Å². The van der Waals surface area contributed by atoms with Crippen molar-refractivity contribution in [3.63, 3.8) is 0 Å². The van der Waals surface area contributed by atoms with Gasteiger partial charge < -0.3 is 19.9 Å². The summed E-state index contributed by atoms with van der Waals surface area (Å²) in [6.07, 6.45) is 2.44. The third-order valence-corrected chi connectivity index (χ3v) is 5.20. The van der Waals surface area contributed by atoms with Crippen LogP contribution in [0.15, 0.2) is 36.4 Å². The Morgan fingerprint density at radius 3 is 2.62 bits per heavy atom. The molecule has 0 radical (unpaired) electrons. The molecule has 2 aromatic rings. The summed E-state index contributed by atoms with van der Waals surface area (Å²) in [7, 11) is 0. The first-order chi connectivity index (χ1) is 14.0. The summed E-state index contributed by atoms with van der Waals surface area (Å²) in [6, 6.07) is 9.06. The van der Waals surface area contributed by atoms with E-state index in [0.717, 1.165) is 5.75 Å². The molecule has 0 aromatic heterocycles. The molecule has 0 aliphatic rings. The van der Waals surface area contributed by atoms with Gasteiger partial charge in [-0.25, -0.2) is 4.39 Å². The van der Waals surface area contributed by atoms with Crippen molar-refractivity contribution in [3.8, 4) is 11.5 Å². The largest absolute Gasteiger partial charge is 0.490 e. The maximum Gasteiger partial charge on any atom is 0.320 e. The van der Waals surface area contributed by atoms with Crippen LogP contribution in [0.3, 0.4) is 0 Å². The minimum absolute atomic E-state index is 0.0381. The van der Waals surface area contributed by atoms with Crippen LogP contribution in [0.1, 0.15) is 24.5 Å². The van der Waals surface area contributed by atoms with E-state index in [1.165, 1.54) is 6.07 Å². The lowest BCUT2D eigenvalue weighted by Gasteiger charge is -2.17. The van der Waals surface area contributed by atoms with E-state index in [1.54, 1.807) is 42.1 Å². The highest BCUT2D eigenvalue weighted by molar-refractivity contribution is 7.98. The van der Waals surface area contributed by atoms with Gasteiger partial charge in [-0.3, -0.25) is 4.79 Å². The molecule has 8 heteroatoms. The smallest absolute Gasteiger partial charge is 0.320 e. The van der Waals surface area contributed by atoms with Crippen molar-refractivity contribution >= 4 is 29.3 Å². The number of nitrogens with one attached hydrogen (secondary N) is 1. The fourth-order valence-corrected chi connectivity index (χ4v) is 3.34. The van der Waals surface area contributed by atoms with Crippen LogP contribution in [-0.2, 0) is 17.9 Å². The van der Waals surface area contributed by atoms with Gasteiger partial charge in [0.15, 0.2) is 11.5 Å². The summed E-state index contributed by atoms with van der Waals surface area (Å²) in [5.41, 5.74) is 1.12. The lowest BCUT2D eigenvalue weighted by Crippen LogP contribution is -2.36. The van der Waals surface area contributed by atoms with Crippen LogP contribution in [0.2, 0.25) is 5.02 Å². The molecule has 5 nitrogen and oxygen atoms in total. The summed E-state index contributed by atoms with van der Waals surface area (Å²) in [4.78, 5) is 11.4. The van der Waals surface area contributed by atoms with Gasteiger partial charge in [-0.05, 0) is 43.0 Å². The topological polar surface area (TPSA) is 67.8 Å². The Bertz CT molecular complexity index is 821. The lowest BCUT2D eigenvalue weighted by molar-refractivity contribution is -0.139. The van der Waals surface area contributed by atoms with E-state index in [4.69, 9.17) is 21.1 Å². The zero-order valence-electron chi connectivity index (χ0n) is 16.4. The summed E-state index contributed by atoms with van der Waals surface area (Å²) >= 11 is 7.98. The number of hydrogen-bond acceptors (Lipinski definition) is 5. The minimum atomic E-state index is -0.898. The Hall–Kier alpha value is -1.96. The second-order valence-electron chi connectivity index (χ2n) is 6.26. The first-order valence-corrected chi connectivity index (χ1v) is 11.0. The molecular weight excluding hydrogens is 417 g/mol. The highest BCUT2D eigenvalue weighted by Gasteiger charge is 2.18. The van der Waals surface area contributed by atoms with Crippen LogP contribution in [0.5, 0.6) is 11.5 Å². The molecule has 0 heterocycles. The Balaban J connectivity index is 2.13.